The van der Waals surface area contributed by atoms with Gasteiger partial charge in [-0.25, -0.2) is 9.48 Å². The number of hydrogen-bond donors (Lipinski definition) is 2. The van der Waals surface area contributed by atoms with E-state index in [0.29, 0.717) is 5.69 Å². The number of carbonyl (C=O) groups excluding carboxylic acids is 2. The number of benzene rings is 1. The number of aliphatic hydroxyl groups is 1. The second-order valence-electron chi connectivity index (χ2n) is 5.84. The number of nitrogens with one attached hydrogen (secondary N) is 1. The maximum Gasteiger partial charge on any atom is 0.337 e. The summed E-state index contributed by atoms with van der Waals surface area (Å²) in [5.41, 5.74) is 2.62. The molecule has 0 unspecified atom stereocenters. The Balaban J connectivity index is 1.98. The summed E-state index contributed by atoms with van der Waals surface area (Å²) in [5, 5.41) is 16.6. The molecule has 1 aromatic heterocycles. The number of para-hydroxylation sites is 2. The first kappa shape index (κ1) is 17.7. The molecule has 3 rings (SSSR count). The lowest BCUT2D eigenvalue weighted by Crippen LogP contribution is -2.31. The van der Waals surface area contributed by atoms with Crippen LogP contribution in [0.1, 0.15) is 5.69 Å². The fourth-order valence-electron chi connectivity index (χ4n) is 2.81. The number of aryl methyl sites for hydroxylation is 1. The molecule has 0 atom stereocenters. The summed E-state index contributed by atoms with van der Waals surface area (Å²) in [5.74, 6) is -0.931. The molecule has 1 aromatic carbocycles. The van der Waals surface area contributed by atoms with E-state index in [4.69, 9.17) is 9.84 Å². The van der Waals surface area contributed by atoms with Gasteiger partial charge in [-0.15, -0.1) is 0 Å². The Morgan fingerprint density at radius 2 is 2.12 bits per heavy atom. The van der Waals surface area contributed by atoms with Gasteiger partial charge in [-0.1, -0.05) is 12.1 Å². The molecular weight excluding hydrogens is 336 g/mol. The highest BCUT2D eigenvalue weighted by Crippen LogP contribution is 2.26. The quantitative estimate of drug-likeness (QED) is 0.745. The van der Waals surface area contributed by atoms with Crippen LogP contribution in [0.2, 0.25) is 0 Å². The molecule has 2 N–H and O–H groups in total. The Morgan fingerprint density at radius 3 is 2.77 bits per heavy atom. The molecule has 0 saturated carbocycles. The highest BCUT2D eigenvalue weighted by Gasteiger charge is 2.34. The lowest BCUT2D eigenvalue weighted by molar-refractivity contribution is -0.136. The lowest BCUT2D eigenvalue weighted by atomic mass is 10.2. The van der Waals surface area contributed by atoms with Gasteiger partial charge in [0.15, 0.2) is 0 Å². The molecule has 1 aliphatic rings. The van der Waals surface area contributed by atoms with Crippen molar-refractivity contribution in [2.45, 2.75) is 6.92 Å². The normalized spacial score (nSPS) is 14.1. The fraction of sp³-hybridized carbons (Fsp3) is 0.278. The summed E-state index contributed by atoms with van der Waals surface area (Å²) < 4.78 is 6.49. The molecule has 136 valence electrons. The third-order valence-electron chi connectivity index (χ3n) is 4.09. The van der Waals surface area contributed by atoms with Crippen molar-refractivity contribution in [3.63, 3.8) is 0 Å². The number of rotatable bonds is 6. The number of hydrogen-bond acceptors (Lipinski definition) is 6. The average molecular weight is 356 g/mol. The Hall–Kier alpha value is -3.13. The highest BCUT2D eigenvalue weighted by molar-refractivity contribution is 6.08. The first-order chi connectivity index (χ1) is 12.5. The predicted molar refractivity (Wildman–Crippen MR) is 94.6 cm³/mol. The van der Waals surface area contributed by atoms with Gasteiger partial charge < -0.3 is 20.1 Å². The predicted octanol–water partition coefficient (Wildman–Crippen LogP) is 0.854. The van der Waals surface area contributed by atoms with Crippen molar-refractivity contribution in [1.29, 1.82) is 0 Å². The lowest BCUT2D eigenvalue weighted by Gasteiger charge is -2.16. The largest absolute Gasteiger partial charge is 0.466 e. The van der Waals surface area contributed by atoms with Crippen LogP contribution < -0.4 is 5.32 Å². The van der Waals surface area contributed by atoms with E-state index in [1.54, 1.807) is 10.7 Å². The second-order valence-corrected chi connectivity index (χ2v) is 5.84. The van der Waals surface area contributed by atoms with E-state index in [2.05, 4.69) is 10.4 Å². The monoisotopic (exact) mass is 356 g/mol. The van der Waals surface area contributed by atoms with Gasteiger partial charge in [-0.05, 0) is 25.1 Å². The van der Waals surface area contributed by atoms with E-state index in [1.165, 1.54) is 12.0 Å². The number of aromatic nitrogens is 2. The van der Waals surface area contributed by atoms with E-state index in [1.807, 2.05) is 37.4 Å². The van der Waals surface area contributed by atoms with Crippen LogP contribution in [0.25, 0.3) is 5.69 Å². The standard InChI is InChI=1S/C18H20N4O4/c1-12-7-8-22(20-12)15-6-4-3-5-14(15)19-16-13(18(25)26-2)11-21(9-10-23)17(16)24/h3-8,19,23H,9-11H2,1-2H3. The number of methoxy groups -OCH3 is 1. The Kier molecular flexibility index (Phi) is 5.04. The minimum Gasteiger partial charge on any atom is -0.466 e. The van der Waals surface area contributed by atoms with Gasteiger partial charge in [-0.2, -0.15) is 5.10 Å². The highest BCUT2D eigenvalue weighted by atomic mass is 16.5. The zero-order chi connectivity index (χ0) is 18.7. The van der Waals surface area contributed by atoms with Crippen molar-refractivity contribution in [2.75, 3.05) is 32.1 Å². The minimum absolute atomic E-state index is 0.0947. The first-order valence-electron chi connectivity index (χ1n) is 8.15. The number of carbonyl (C=O) groups is 2. The Morgan fingerprint density at radius 1 is 1.35 bits per heavy atom. The molecular formula is C18H20N4O4. The fourth-order valence-corrected chi connectivity index (χ4v) is 2.81. The first-order valence-corrected chi connectivity index (χ1v) is 8.15. The molecule has 1 aliphatic heterocycles. The number of β-amino-alcohol motifs (C(OH)–C–C–N with tert-alkyl or cyclic N) is 1. The number of amides is 1. The van der Waals surface area contributed by atoms with E-state index >= 15 is 0 Å². The molecule has 0 bridgehead atoms. The number of esters is 1. The van der Waals surface area contributed by atoms with Crippen molar-refractivity contribution in [3.05, 3.63) is 53.5 Å². The SMILES string of the molecule is COC(=O)C1=C(Nc2ccccc2-n2ccc(C)n2)C(=O)N(CCO)C1. The third kappa shape index (κ3) is 3.31. The van der Waals surface area contributed by atoms with Gasteiger partial charge in [0.05, 0.1) is 42.9 Å². The zero-order valence-corrected chi connectivity index (χ0v) is 14.6. The van der Waals surface area contributed by atoms with Gasteiger partial charge >= 0.3 is 5.97 Å². The van der Waals surface area contributed by atoms with Crippen LogP contribution >= 0.6 is 0 Å². The van der Waals surface area contributed by atoms with Crippen molar-refractivity contribution in [1.82, 2.24) is 14.7 Å². The molecule has 26 heavy (non-hydrogen) atoms. The van der Waals surface area contributed by atoms with Gasteiger partial charge in [0.1, 0.15) is 5.70 Å². The van der Waals surface area contributed by atoms with E-state index < -0.39 is 5.97 Å². The van der Waals surface area contributed by atoms with Gasteiger partial charge in [0.25, 0.3) is 5.91 Å². The second kappa shape index (κ2) is 7.40. The summed E-state index contributed by atoms with van der Waals surface area (Å²) in [4.78, 5) is 26.1. The smallest absolute Gasteiger partial charge is 0.337 e. The molecule has 0 fully saturated rings. The maximum atomic E-state index is 12.6. The summed E-state index contributed by atoms with van der Waals surface area (Å²) in [6.07, 6.45) is 1.82. The van der Waals surface area contributed by atoms with Crippen molar-refractivity contribution in [3.8, 4) is 5.69 Å². The number of nitrogens with zero attached hydrogens (tertiary/aromatic N) is 3. The summed E-state index contributed by atoms with van der Waals surface area (Å²) >= 11 is 0. The van der Waals surface area contributed by atoms with Crippen LogP contribution in [0, 0.1) is 6.92 Å². The molecule has 2 heterocycles. The van der Waals surface area contributed by atoms with Crippen molar-refractivity contribution >= 4 is 17.6 Å². The third-order valence-corrected chi connectivity index (χ3v) is 4.09. The van der Waals surface area contributed by atoms with E-state index in [-0.39, 0.29) is 36.9 Å². The van der Waals surface area contributed by atoms with Crippen molar-refractivity contribution < 1.29 is 19.4 Å². The molecule has 2 aromatic rings. The zero-order valence-electron chi connectivity index (χ0n) is 14.6. The topological polar surface area (TPSA) is 96.7 Å². The molecule has 0 saturated heterocycles. The molecule has 8 nitrogen and oxygen atoms in total. The van der Waals surface area contributed by atoms with Crippen molar-refractivity contribution in [2.24, 2.45) is 0 Å². The molecule has 0 radical (unpaired) electrons. The van der Waals surface area contributed by atoms with Crippen LogP contribution in [-0.4, -0.2) is 58.5 Å². The summed E-state index contributed by atoms with van der Waals surface area (Å²) in [7, 11) is 1.27. The molecule has 8 heteroatoms. The maximum absolute atomic E-state index is 12.6. The van der Waals surface area contributed by atoms with E-state index in [0.717, 1.165) is 11.4 Å². The van der Waals surface area contributed by atoms with Crippen LogP contribution in [0.5, 0.6) is 0 Å². The van der Waals surface area contributed by atoms with Crippen LogP contribution in [-0.2, 0) is 14.3 Å². The Labute approximate surface area is 150 Å². The average Bonchev–Trinajstić information content (AvgIpc) is 3.20. The number of anilines is 1. The molecule has 0 aliphatic carbocycles. The minimum atomic E-state index is -0.575. The van der Waals surface area contributed by atoms with Gasteiger partial charge in [0.2, 0.25) is 0 Å². The van der Waals surface area contributed by atoms with Crippen LogP contribution in [0.15, 0.2) is 47.8 Å². The molecule has 0 spiro atoms. The summed E-state index contributed by atoms with van der Waals surface area (Å²) in [6.45, 7) is 1.94. The summed E-state index contributed by atoms with van der Waals surface area (Å²) in [6, 6.07) is 9.22. The number of ether oxygens (including phenoxy) is 1. The van der Waals surface area contributed by atoms with Crippen LogP contribution in [0.3, 0.4) is 0 Å². The molecule has 1 amide bonds. The Bertz CT molecular complexity index is 872. The van der Waals surface area contributed by atoms with Crippen LogP contribution in [0.4, 0.5) is 5.69 Å². The van der Waals surface area contributed by atoms with Gasteiger partial charge in [-0.3, -0.25) is 4.79 Å². The van der Waals surface area contributed by atoms with E-state index in [9.17, 15) is 9.59 Å². The van der Waals surface area contributed by atoms with Gasteiger partial charge in [0, 0.05) is 12.7 Å². The number of aliphatic hydroxyl groups excluding tert-OH is 1.